The molecule has 3 rings (SSSR count). The maximum absolute atomic E-state index is 13.8. The van der Waals surface area contributed by atoms with Crippen molar-refractivity contribution in [2.24, 2.45) is 10.7 Å². The minimum Gasteiger partial charge on any atom is -0.369 e. The van der Waals surface area contributed by atoms with Gasteiger partial charge in [-0.1, -0.05) is 12.1 Å². The van der Waals surface area contributed by atoms with Crippen molar-refractivity contribution in [1.29, 1.82) is 5.26 Å². The molecule has 10 heteroatoms. The van der Waals surface area contributed by atoms with Gasteiger partial charge in [0.25, 0.3) is 0 Å². The fourth-order valence-electron chi connectivity index (χ4n) is 3.06. The van der Waals surface area contributed by atoms with Gasteiger partial charge in [-0.3, -0.25) is 4.31 Å². The zero-order valence-electron chi connectivity index (χ0n) is 15.1. The van der Waals surface area contributed by atoms with Crippen LogP contribution in [0.25, 0.3) is 10.4 Å². The first-order valence-electron chi connectivity index (χ1n) is 8.03. The molecular weight excluding hydrogens is 409 g/mol. The molecule has 2 aromatic rings. The predicted octanol–water partition coefficient (Wildman–Crippen LogP) is 3.41. The normalized spacial score (nSPS) is 25.3. The number of nitrogens with zero attached hydrogens (tertiary/aromatic N) is 3. The molecule has 0 saturated carbocycles. The molecule has 1 aromatic heterocycles. The summed E-state index contributed by atoms with van der Waals surface area (Å²) in [7, 11) is -1.47. The Labute approximate surface area is 165 Å². The van der Waals surface area contributed by atoms with Crippen molar-refractivity contribution in [2.75, 3.05) is 12.8 Å². The monoisotopic (exact) mass is 426 g/mol. The lowest BCUT2D eigenvalue weighted by molar-refractivity contribution is -0.138. The highest BCUT2D eigenvalue weighted by Crippen LogP contribution is 2.47. The number of hydrogen-bond acceptors (Lipinski definition) is 5. The molecule has 0 aliphatic carbocycles. The van der Waals surface area contributed by atoms with Crippen LogP contribution in [0.15, 0.2) is 35.3 Å². The smallest absolute Gasteiger partial charge is 0.369 e. The van der Waals surface area contributed by atoms with Crippen LogP contribution in [0.5, 0.6) is 0 Å². The highest BCUT2D eigenvalue weighted by molar-refractivity contribution is 7.98. The molecule has 2 heterocycles. The summed E-state index contributed by atoms with van der Waals surface area (Å²) >= 11 is 0.904. The SMILES string of the molecule is C=S1(=O)C[C@@](C)(c2sc(-c3cccc(C#N)c3)cc2C(F)(F)F)N=C(N)N1C. The molecule has 0 bridgehead atoms. The average molecular weight is 426 g/mol. The lowest BCUT2D eigenvalue weighted by atomic mass is 9.99. The van der Waals surface area contributed by atoms with Gasteiger partial charge in [0.1, 0.15) is 5.54 Å². The summed E-state index contributed by atoms with van der Waals surface area (Å²) in [5, 5.41) is 9.05. The van der Waals surface area contributed by atoms with Crippen LogP contribution >= 0.6 is 11.3 Å². The van der Waals surface area contributed by atoms with E-state index in [4.69, 9.17) is 11.0 Å². The van der Waals surface area contributed by atoms with Crippen molar-refractivity contribution >= 4 is 32.9 Å². The van der Waals surface area contributed by atoms with E-state index in [1.54, 1.807) is 18.2 Å². The van der Waals surface area contributed by atoms with Gasteiger partial charge in [-0.2, -0.15) is 18.4 Å². The van der Waals surface area contributed by atoms with E-state index >= 15 is 0 Å². The number of thiophene rings is 1. The first-order chi connectivity index (χ1) is 12.9. The van der Waals surface area contributed by atoms with Crippen LogP contribution in [-0.2, 0) is 21.4 Å². The Bertz CT molecular complexity index is 1110. The number of nitrogens with two attached hydrogens (primary N) is 1. The molecule has 0 amide bonds. The summed E-state index contributed by atoms with van der Waals surface area (Å²) in [5.41, 5.74) is 4.37. The second-order valence-corrected chi connectivity index (χ2v) is 10.1. The molecule has 5 nitrogen and oxygen atoms in total. The highest BCUT2D eigenvalue weighted by Gasteiger charge is 2.45. The Hall–Kier alpha value is -2.51. The van der Waals surface area contributed by atoms with E-state index in [1.165, 1.54) is 24.3 Å². The van der Waals surface area contributed by atoms with Gasteiger partial charge in [-0.05, 0) is 36.6 Å². The van der Waals surface area contributed by atoms with E-state index in [-0.39, 0.29) is 16.6 Å². The van der Waals surface area contributed by atoms with Crippen molar-refractivity contribution in [1.82, 2.24) is 4.31 Å². The maximum Gasteiger partial charge on any atom is 0.417 e. The van der Waals surface area contributed by atoms with Crippen LogP contribution < -0.4 is 5.73 Å². The maximum atomic E-state index is 13.8. The molecule has 0 radical (unpaired) electrons. The van der Waals surface area contributed by atoms with Crippen LogP contribution in [0.3, 0.4) is 0 Å². The Balaban J connectivity index is 2.24. The van der Waals surface area contributed by atoms with Gasteiger partial charge in [0.05, 0.1) is 32.7 Å². The molecule has 1 aromatic carbocycles. The predicted molar refractivity (Wildman–Crippen MR) is 106 cm³/mol. The van der Waals surface area contributed by atoms with Gasteiger partial charge in [0.15, 0.2) is 0 Å². The van der Waals surface area contributed by atoms with Gasteiger partial charge < -0.3 is 5.73 Å². The summed E-state index contributed by atoms with van der Waals surface area (Å²) in [6, 6.07) is 9.35. The van der Waals surface area contributed by atoms with Crippen LogP contribution in [-0.4, -0.2) is 33.1 Å². The highest BCUT2D eigenvalue weighted by atomic mass is 32.2. The van der Waals surface area contributed by atoms with Crippen molar-refractivity contribution < 1.29 is 17.4 Å². The first kappa shape index (κ1) is 20.2. The number of nitriles is 1. The molecule has 28 heavy (non-hydrogen) atoms. The molecule has 2 atom stereocenters. The number of benzene rings is 1. The van der Waals surface area contributed by atoms with Crippen LogP contribution in [0.4, 0.5) is 13.2 Å². The van der Waals surface area contributed by atoms with E-state index in [1.807, 2.05) is 6.07 Å². The molecule has 1 aliphatic rings. The molecule has 1 unspecified atom stereocenters. The molecule has 0 spiro atoms. The summed E-state index contributed by atoms with van der Waals surface area (Å²) in [6.07, 6.45) is -4.63. The fourth-order valence-corrected chi connectivity index (χ4v) is 6.08. The third kappa shape index (κ3) is 3.47. The molecule has 148 valence electrons. The second-order valence-electron chi connectivity index (χ2n) is 6.70. The van der Waals surface area contributed by atoms with Crippen LogP contribution in [0.2, 0.25) is 0 Å². The Kier molecular flexibility index (Phi) is 4.72. The Morgan fingerprint density at radius 2 is 2.11 bits per heavy atom. The molecule has 1 aliphatic heterocycles. The largest absolute Gasteiger partial charge is 0.417 e. The zero-order valence-corrected chi connectivity index (χ0v) is 16.7. The van der Waals surface area contributed by atoms with Crippen molar-refractivity contribution in [2.45, 2.75) is 18.6 Å². The topological polar surface area (TPSA) is 82.5 Å². The van der Waals surface area contributed by atoms with E-state index in [0.717, 1.165) is 17.4 Å². The Morgan fingerprint density at radius 1 is 1.43 bits per heavy atom. The molecular formula is C18H17F3N4OS2. The standard InChI is InChI=1S/C18H17F3N4OS2/c1-17(10-28(3,26)25(2)16(23)24-17)15-13(18(19,20)21)8-14(27-15)12-6-4-5-11(7-12)9-22/h4-8H,3,10H2,1-2H3,(H2,23,24)/t17-,28?/m0/s1. The van der Waals surface area contributed by atoms with Gasteiger partial charge in [0, 0.05) is 16.8 Å². The number of halogens is 3. The van der Waals surface area contributed by atoms with Gasteiger partial charge in [-0.25, -0.2) is 9.20 Å². The number of rotatable bonds is 2. The van der Waals surface area contributed by atoms with Gasteiger partial charge in [0.2, 0.25) is 5.96 Å². The number of aliphatic imine (C=N–C) groups is 1. The zero-order chi connectivity index (χ0) is 20.9. The van der Waals surface area contributed by atoms with Crippen molar-refractivity contribution in [3.63, 3.8) is 0 Å². The summed E-state index contributed by atoms with van der Waals surface area (Å²) in [6.45, 7) is 1.48. The number of hydrogen-bond donors (Lipinski definition) is 1. The van der Waals surface area contributed by atoms with E-state index in [2.05, 4.69) is 10.9 Å². The minimum atomic E-state index is -4.63. The van der Waals surface area contributed by atoms with Crippen molar-refractivity contribution in [3.05, 3.63) is 46.3 Å². The first-order valence-corrected chi connectivity index (χ1v) is 10.7. The average Bonchev–Trinajstić information content (AvgIpc) is 3.06. The summed E-state index contributed by atoms with van der Waals surface area (Å²) < 4.78 is 55.4. The third-order valence-electron chi connectivity index (χ3n) is 4.49. The van der Waals surface area contributed by atoms with Crippen LogP contribution in [0, 0.1) is 11.3 Å². The summed E-state index contributed by atoms with van der Waals surface area (Å²) in [4.78, 5) is 4.49. The summed E-state index contributed by atoms with van der Waals surface area (Å²) in [5.74, 6) is 3.32. The van der Waals surface area contributed by atoms with E-state index < -0.39 is 27.0 Å². The second kappa shape index (κ2) is 6.53. The van der Waals surface area contributed by atoms with Crippen molar-refractivity contribution in [3.8, 4) is 16.5 Å². The van der Waals surface area contributed by atoms with E-state index in [0.29, 0.717) is 16.0 Å². The lowest BCUT2D eigenvalue weighted by Crippen LogP contribution is -2.50. The molecule has 2 N–H and O–H groups in total. The number of guanidine groups is 1. The van der Waals surface area contributed by atoms with Gasteiger partial charge in [-0.15, -0.1) is 11.3 Å². The third-order valence-corrected chi connectivity index (χ3v) is 8.13. The van der Waals surface area contributed by atoms with Crippen LogP contribution in [0.1, 0.15) is 22.9 Å². The molecule has 0 fully saturated rings. The fraction of sp³-hybridized carbons (Fsp3) is 0.278. The quantitative estimate of drug-likeness (QED) is 0.747. The lowest BCUT2D eigenvalue weighted by Gasteiger charge is -2.37. The Morgan fingerprint density at radius 3 is 2.68 bits per heavy atom. The van der Waals surface area contributed by atoms with E-state index in [9.17, 15) is 17.4 Å². The minimum absolute atomic E-state index is 0.0789. The molecule has 0 saturated heterocycles. The van der Waals surface area contributed by atoms with Gasteiger partial charge >= 0.3 is 6.18 Å². The number of alkyl halides is 3.